The molecule has 0 amide bonds. The molecule has 11 nitrogen and oxygen atoms in total. The first kappa shape index (κ1) is 22.2. The molecule has 33 heavy (non-hydrogen) atoms. The largest absolute Gasteiger partial charge is 0.744 e. The highest BCUT2D eigenvalue weighted by atomic mass is 32.2. The van der Waals surface area contributed by atoms with Crippen molar-refractivity contribution in [3.63, 3.8) is 0 Å². The second-order valence-corrected chi connectivity index (χ2v) is 9.18. The molecule has 4 rings (SSSR count). The summed E-state index contributed by atoms with van der Waals surface area (Å²) in [5.74, 6) is 0.0160. The highest BCUT2D eigenvalue weighted by Gasteiger charge is 2.16. The second-order valence-electron chi connectivity index (χ2n) is 6.87. The van der Waals surface area contributed by atoms with Gasteiger partial charge in [0, 0.05) is 5.56 Å². The van der Waals surface area contributed by atoms with E-state index >= 15 is 0 Å². The minimum Gasteiger partial charge on any atom is -0.744 e. The molecule has 0 aliphatic rings. The van der Waals surface area contributed by atoms with Crippen LogP contribution in [0.2, 0.25) is 0 Å². The molecule has 0 unspecified atom stereocenters. The molecule has 2 aromatic carbocycles. The molecule has 2 heterocycles. The van der Waals surface area contributed by atoms with Gasteiger partial charge in [-0.2, -0.15) is 10.4 Å². The monoisotopic (exact) mass is 480 g/mol. The molecule has 2 aromatic heterocycles. The predicted molar refractivity (Wildman–Crippen MR) is 121 cm³/mol. The van der Waals surface area contributed by atoms with Crippen molar-refractivity contribution in [2.75, 3.05) is 5.32 Å². The maximum atomic E-state index is 12.1. The molecule has 0 fully saturated rings. The molecule has 13 heteroatoms. The molecule has 0 atom stereocenters. The van der Waals surface area contributed by atoms with Gasteiger partial charge >= 0.3 is 0 Å². The lowest BCUT2D eigenvalue weighted by atomic mass is 10.2. The number of aryl methyl sites for hydroxylation is 2. The van der Waals surface area contributed by atoms with Gasteiger partial charge in [0.15, 0.2) is 11.9 Å². The van der Waals surface area contributed by atoms with Crippen molar-refractivity contribution in [3.8, 4) is 16.8 Å². The van der Waals surface area contributed by atoms with Crippen LogP contribution in [0.25, 0.3) is 20.8 Å². The summed E-state index contributed by atoms with van der Waals surface area (Å²) in [6, 6.07) is 9.99. The van der Waals surface area contributed by atoms with E-state index in [4.69, 9.17) is 5.26 Å². The maximum Gasteiger partial charge on any atom is 0.280 e. The number of nitrogens with zero attached hydrogens (tertiary/aromatic N) is 5. The second kappa shape index (κ2) is 8.51. The number of thiazole rings is 1. The van der Waals surface area contributed by atoms with Crippen molar-refractivity contribution >= 4 is 49.0 Å². The van der Waals surface area contributed by atoms with Crippen LogP contribution in [-0.4, -0.2) is 27.9 Å². The van der Waals surface area contributed by atoms with E-state index < -0.39 is 15.7 Å². The summed E-state index contributed by atoms with van der Waals surface area (Å²) in [6.07, 6.45) is 1.67. The number of aromatic amines is 1. The average molecular weight is 481 g/mol. The molecule has 166 valence electrons. The molecule has 0 saturated carbocycles. The molecule has 0 saturated heterocycles. The molecule has 0 spiro atoms. The zero-order valence-corrected chi connectivity index (χ0v) is 18.8. The molecule has 0 bridgehead atoms. The smallest absolute Gasteiger partial charge is 0.280 e. The van der Waals surface area contributed by atoms with E-state index in [0.29, 0.717) is 37.7 Å². The first-order chi connectivity index (χ1) is 15.7. The number of benzene rings is 2. The Balaban J connectivity index is 1.64. The fraction of sp³-hybridized carbons (Fsp3) is 0.100. The van der Waals surface area contributed by atoms with E-state index in [0.717, 1.165) is 11.3 Å². The van der Waals surface area contributed by atoms with Gasteiger partial charge in [-0.3, -0.25) is 15.1 Å². The quantitative estimate of drug-likeness (QED) is 0.187. The lowest BCUT2D eigenvalue weighted by Gasteiger charge is -2.10. The van der Waals surface area contributed by atoms with Gasteiger partial charge in [-0.25, -0.2) is 18.4 Å². The lowest BCUT2D eigenvalue weighted by molar-refractivity contribution is 0.463. The minimum absolute atomic E-state index is 0.00969. The summed E-state index contributed by atoms with van der Waals surface area (Å²) in [5, 5.41) is 19.4. The van der Waals surface area contributed by atoms with Crippen LogP contribution in [0.4, 0.5) is 17.3 Å². The Kier molecular flexibility index (Phi) is 5.73. The normalized spacial score (nSPS) is 11.7. The van der Waals surface area contributed by atoms with Gasteiger partial charge in [-0.05, 0) is 49.7 Å². The van der Waals surface area contributed by atoms with Crippen molar-refractivity contribution in [1.82, 2.24) is 15.0 Å². The number of aromatic nitrogens is 3. The van der Waals surface area contributed by atoms with Crippen LogP contribution in [0.15, 0.2) is 56.3 Å². The van der Waals surface area contributed by atoms with Crippen LogP contribution in [-0.2, 0) is 10.1 Å². The maximum absolute atomic E-state index is 12.1. The Morgan fingerprint density at radius 3 is 2.48 bits per heavy atom. The number of nitriles is 1. The predicted octanol–water partition coefficient (Wildman–Crippen LogP) is 3.88. The molecule has 2 N–H and O–H groups in total. The van der Waals surface area contributed by atoms with Gasteiger partial charge in [0.1, 0.15) is 15.1 Å². The van der Waals surface area contributed by atoms with Crippen molar-refractivity contribution in [1.29, 1.82) is 5.26 Å². The lowest BCUT2D eigenvalue weighted by Crippen LogP contribution is -2.11. The zero-order valence-electron chi connectivity index (χ0n) is 17.1. The van der Waals surface area contributed by atoms with Crippen LogP contribution in [0, 0.1) is 25.3 Å². The van der Waals surface area contributed by atoms with Gasteiger partial charge in [0.25, 0.3) is 5.56 Å². The van der Waals surface area contributed by atoms with Crippen LogP contribution in [0.3, 0.4) is 0 Å². The zero-order chi connectivity index (χ0) is 23.8. The van der Waals surface area contributed by atoms with E-state index in [9.17, 15) is 17.8 Å². The number of hydrogen-bond donors (Lipinski definition) is 2. The molecule has 0 aliphatic heterocycles. The Bertz CT molecular complexity index is 1620. The first-order valence-electron chi connectivity index (χ1n) is 9.31. The van der Waals surface area contributed by atoms with Crippen molar-refractivity contribution in [3.05, 3.63) is 58.0 Å². The Labute approximate surface area is 191 Å². The topological polar surface area (TPSA) is 176 Å². The van der Waals surface area contributed by atoms with Crippen LogP contribution < -0.4 is 10.9 Å². The van der Waals surface area contributed by atoms with Crippen LogP contribution >= 0.6 is 11.3 Å². The van der Waals surface area contributed by atoms with Gasteiger partial charge in [0.05, 0.1) is 26.5 Å². The molecular formula is C20H14N7O4S2-. The van der Waals surface area contributed by atoms with Crippen molar-refractivity contribution in [2.24, 2.45) is 10.2 Å². The summed E-state index contributed by atoms with van der Waals surface area (Å²) in [5.41, 5.74) is 1.71. The van der Waals surface area contributed by atoms with Crippen molar-refractivity contribution < 1.29 is 13.0 Å². The number of rotatable bonds is 5. The number of H-pyrrole nitrogens is 1. The van der Waals surface area contributed by atoms with Gasteiger partial charge in [-0.1, -0.05) is 6.07 Å². The third-order valence-electron chi connectivity index (χ3n) is 4.58. The fourth-order valence-electron chi connectivity index (χ4n) is 3.09. The number of anilines is 1. The SMILES string of the molecule is Cc1ccc2nc(-c3ccc(N=Nc4c(C)nc(NC#N)[nH]c4=O)cc3)sc2c1S(=O)(=O)[O-]. The number of fused-ring (bicyclic) bond motifs is 1. The van der Waals surface area contributed by atoms with E-state index in [-0.39, 0.29) is 16.5 Å². The van der Waals surface area contributed by atoms with Crippen LogP contribution in [0.1, 0.15) is 11.3 Å². The molecular weight excluding hydrogens is 466 g/mol. The summed E-state index contributed by atoms with van der Waals surface area (Å²) in [7, 11) is -4.64. The number of hydrogen-bond acceptors (Lipinski definition) is 11. The van der Waals surface area contributed by atoms with E-state index in [1.165, 1.54) is 0 Å². The van der Waals surface area contributed by atoms with E-state index in [1.54, 1.807) is 56.4 Å². The Hall–Kier alpha value is -3.99. The van der Waals surface area contributed by atoms with Gasteiger partial charge in [-0.15, -0.1) is 16.5 Å². The molecule has 4 aromatic rings. The Morgan fingerprint density at radius 1 is 1.12 bits per heavy atom. The first-order valence-corrected chi connectivity index (χ1v) is 11.5. The fourth-order valence-corrected chi connectivity index (χ4v) is 5.38. The third kappa shape index (κ3) is 4.48. The average Bonchev–Trinajstić information content (AvgIpc) is 3.16. The Morgan fingerprint density at radius 2 is 1.85 bits per heavy atom. The molecule has 0 radical (unpaired) electrons. The molecule has 0 aliphatic carbocycles. The number of azo groups is 1. The summed E-state index contributed by atoms with van der Waals surface area (Å²) < 4.78 is 35.4. The summed E-state index contributed by atoms with van der Waals surface area (Å²) in [6.45, 7) is 3.14. The van der Waals surface area contributed by atoms with Gasteiger partial charge in [0.2, 0.25) is 5.95 Å². The van der Waals surface area contributed by atoms with Crippen molar-refractivity contribution in [2.45, 2.75) is 18.7 Å². The van der Waals surface area contributed by atoms with Gasteiger partial charge < -0.3 is 4.55 Å². The van der Waals surface area contributed by atoms with Crippen LogP contribution in [0.5, 0.6) is 0 Å². The number of nitrogens with one attached hydrogen (secondary N) is 2. The minimum atomic E-state index is -4.64. The third-order valence-corrected chi connectivity index (χ3v) is 6.88. The van der Waals surface area contributed by atoms with E-state index in [1.807, 2.05) is 0 Å². The highest BCUT2D eigenvalue weighted by molar-refractivity contribution is 7.86. The van der Waals surface area contributed by atoms with E-state index in [2.05, 4.69) is 30.5 Å². The highest BCUT2D eigenvalue weighted by Crippen LogP contribution is 2.36. The summed E-state index contributed by atoms with van der Waals surface area (Å²) in [4.78, 5) is 22.7. The summed E-state index contributed by atoms with van der Waals surface area (Å²) >= 11 is 1.12. The standard InChI is InChI=1S/C20H15N7O4S2/c1-10-3-8-14-16(17(10)33(29,30)31)32-19(24-14)12-4-6-13(7-5-12)26-27-15-11(2)23-20(22-9-21)25-18(15)28/h3-8H,1-2H3,(H,29,30,31)(H2,22,23,25,28)/p-1.